The Kier molecular flexibility index (Phi) is 3.95. The van der Waals surface area contributed by atoms with Crippen LogP contribution in [-0.2, 0) is 12.1 Å². The molecule has 0 bridgehead atoms. The van der Waals surface area contributed by atoms with Crippen LogP contribution in [0, 0.1) is 0 Å². The monoisotopic (exact) mass is 215 g/mol. The van der Waals surface area contributed by atoms with Gasteiger partial charge in [-0.3, -0.25) is 4.68 Å². The maximum absolute atomic E-state index is 9.65. The quantitative estimate of drug-likeness (QED) is 0.751. The molecule has 1 aromatic heterocycles. The molecule has 1 heterocycles. The Balaban J connectivity index is 2.51. The Morgan fingerprint density at radius 3 is 2.79 bits per heavy atom. The van der Waals surface area contributed by atoms with Crippen LogP contribution in [0.15, 0.2) is 6.20 Å². The molecule has 0 unspecified atom stereocenters. The van der Waals surface area contributed by atoms with E-state index in [-0.39, 0.29) is 0 Å². The summed E-state index contributed by atoms with van der Waals surface area (Å²) >= 11 is 1.87. The summed E-state index contributed by atoms with van der Waals surface area (Å²) in [6.07, 6.45) is 1.80. The summed E-state index contributed by atoms with van der Waals surface area (Å²) in [4.78, 5) is 0. The molecule has 0 fully saturated rings. The summed E-state index contributed by atoms with van der Waals surface area (Å²) in [6.45, 7) is 6.40. The minimum Gasteiger partial charge on any atom is -0.384 e. The second kappa shape index (κ2) is 4.79. The summed E-state index contributed by atoms with van der Waals surface area (Å²) in [5.41, 5.74) is -0.269. The number of hydrogen-bond acceptors (Lipinski definition) is 4. The lowest BCUT2D eigenvalue weighted by atomic mass is 10.1. The van der Waals surface area contributed by atoms with Crippen molar-refractivity contribution in [2.45, 2.75) is 32.9 Å². The van der Waals surface area contributed by atoms with Gasteiger partial charge in [0.2, 0.25) is 0 Å². The number of aliphatic hydroxyl groups is 1. The molecule has 0 aliphatic heterocycles. The van der Waals surface area contributed by atoms with Crippen molar-refractivity contribution in [2.24, 2.45) is 0 Å². The zero-order chi connectivity index (χ0) is 10.6. The van der Waals surface area contributed by atoms with Gasteiger partial charge < -0.3 is 5.11 Å². The summed E-state index contributed by atoms with van der Waals surface area (Å²) < 4.78 is 1.77. The fourth-order valence-electron chi connectivity index (χ4n) is 0.990. The lowest BCUT2D eigenvalue weighted by Gasteiger charge is -2.11. The average Bonchev–Trinajstić information content (AvgIpc) is 2.52. The molecule has 14 heavy (non-hydrogen) atoms. The topological polar surface area (TPSA) is 50.9 Å². The van der Waals surface area contributed by atoms with Gasteiger partial charge in [-0.25, -0.2) is 0 Å². The zero-order valence-electron chi connectivity index (χ0n) is 8.90. The first kappa shape index (κ1) is 11.5. The van der Waals surface area contributed by atoms with Crippen molar-refractivity contribution < 1.29 is 5.11 Å². The second-order valence-electron chi connectivity index (χ2n) is 3.62. The minimum atomic E-state index is -0.893. The van der Waals surface area contributed by atoms with Crippen LogP contribution >= 0.6 is 11.8 Å². The van der Waals surface area contributed by atoms with Crippen LogP contribution in [0.1, 0.15) is 26.5 Å². The van der Waals surface area contributed by atoms with Crippen molar-refractivity contribution in [3.05, 3.63) is 11.9 Å². The van der Waals surface area contributed by atoms with Crippen molar-refractivity contribution >= 4 is 11.8 Å². The molecule has 0 amide bonds. The number of rotatable bonds is 5. The Morgan fingerprint density at radius 2 is 2.29 bits per heavy atom. The van der Waals surface area contributed by atoms with Gasteiger partial charge in [0.05, 0.1) is 12.7 Å². The molecule has 1 N–H and O–H groups in total. The molecule has 0 radical (unpaired) electrons. The van der Waals surface area contributed by atoms with Gasteiger partial charge in [-0.2, -0.15) is 11.8 Å². The standard InChI is InChI=1S/C9H17N3OS/c1-4-14-6-5-12-7-8(10-11-12)9(2,3)13/h7,13H,4-6H2,1-3H3. The number of hydrogen-bond donors (Lipinski definition) is 1. The van der Waals surface area contributed by atoms with Gasteiger partial charge >= 0.3 is 0 Å². The average molecular weight is 215 g/mol. The molecular formula is C9H17N3OS. The summed E-state index contributed by atoms with van der Waals surface area (Å²) in [5.74, 6) is 2.15. The van der Waals surface area contributed by atoms with Gasteiger partial charge in [-0.15, -0.1) is 5.10 Å². The summed E-state index contributed by atoms with van der Waals surface area (Å²) in [6, 6.07) is 0. The van der Waals surface area contributed by atoms with E-state index in [0.29, 0.717) is 5.69 Å². The predicted molar refractivity (Wildman–Crippen MR) is 58.3 cm³/mol. The van der Waals surface area contributed by atoms with Gasteiger partial charge in [0.15, 0.2) is 0 Å². The van der Waals surface area contributed by atoms with Gasteiger partial charge in [-0.1, -0.05) is 12.1 Å². The maximum atomic E-state index is 9.65. The van der Waals surface area contributed by atoms with E-state index in [2.05, 4.69) is 17.2 Å². The Bertz CT molecular complexity index is 280. The Labute approximate surface area is 88.7 Å². The van der Waals surface area contributed by atoms with E-state index in [1.54, 1.807) is 24.7 Å². The van der Waals surface area contributed by atoms with E-state index in [1.807, 2.05) is 11.8 Å². The normalized spacial score (nSPS) is 12.0. The molecule has 1 rings (SSSR count). The summed E-state index contributed by atoms with van der Waals surface area (Å²) in [7, 11) is 0. The van der Waals surface area contributed by atoms with Gasteiger partial charge in [-0.05, 0) is 19.6 Å². The van der Waals surface area contributed by atoms with Crippen molar-refractivity contribution in [3.63, 3.8) is 0 Å². The van der Waals surface area contributed by atoms with Crippen LogP contribution in [0.3, 0.4) is 0 Å². The highest BCUT2D eigenvalue weighted by atomic mass is 32.2. The predicted octanol–water partition coefficient (Wildman–Crippen LogP) is 1.26. The van der Waals surface area contributed by atoms with E-state index in [1.165, 1.54) is 0 Å². The van der Waals surface area contributed by atoms with Crippen molar-refractivity contribution in [1.82, 2.24) is 15.0 Å². The van der Waals surface area contributed by atoms with Crippen LogP contribution in [0.5, 0.6) is 0 Å². The molecular weight excluding hydrogens is 198 g/mol. The highest BCUT2D eigenvalue weighted by Gasteiger charge is 2.19. The fourth-order valence-corrected chi connectivity index (χ4v) is 1.60. The molecule has 0 saturated heterocycles. The smallest absolute Gasteiger partial charge is 0.114 e. The first-order valence-corrected chi connectivity index (χ1v) is 5.90. The van der Waals surface area contributed by atoms with Crippen LogP contribution in [0.25, 0.3) is 0 Å². The van der Waals surface area contributed by atoms with Crippen molar-refractivity contribution in [1.29, 1.82) is 0 Å². The zero-order valence-corrected chi connectivity index (χ0v) is 9.71. The van der Waals surface area contributed by atoms with Crippen LogP contribution in [0.2, 0.25) is 0 Å². The largest absolute Gasteiger partial charge is 0.384 e. The first-order chi connectivity index (χ1) is 6.54. The second-order valence-corrected chi connectivity index (χ2v) is 5.02. The van der Waals surface area contributed by atoms with Crippen LogP contribution < -0.4 is 0 Å². The molecule has 5 heteroatoms. The van der Waals surface area contributed by atoms with Gasteiger partial charge in [0.25, 0.3) is 0 Å². The molecule has 0 aliphatic carbocycles. The molecule has 0 saturated carbocycles. The molecule has 0 spiro atoms. The van der Waals surface area contributed by atoms with E-state index >= 15 is 0 Å². The SMILES string of the molecule is CCSCCn1cc(C(C)(C)O)nn1. The highest BCUT2D eigenvalue weighted by molar-refractivity contribution is 7.99. The third-order valence-electron chi connectivity index (χ3n) is 1.83. The summed E-state index contributed by atoms with van der Waals surface area (Å²) in [5, 5.41) is 17.5. The molecule has 1 aromatic rings. The van der Waals surface area contributed by atoms with E-state index in [4.69, 9.17) is 0 Å². The maximum Gasteiger partial charge on any atom is 0.114 e. The van der Waals surface area contributed by atoms with E-state index < -0.39 is 5.60 Å². The molecule has 80 valence electrons. The van der Waals surface area contributed by atoms with E-state index in [0.717, 1.165) is 18.1 Å². The van der Waals surface area contributed by atoms with E-state index in [9.17, 15) is 5.11 Å². The molecule has 0 atom stereocenters. The minimum absolute atomic E-state index is 0.624. The van der Waals surface area contributed by atoms with Crippen LogP contribution in [0.4, 0.5) is 0 Å². The Morgan fingerprint density at radius 1 is 1.57 bits per heavy atom. The van der Waals surface area contributed by atoms with Crippen molar-refractivity contribution in [2.75, 3.05) is 11.5 Å². The molecule has 4 nitrogen and oxygen atoms in total. The lowest BCUT2D eigenvalue weighted by molar-refractivity contribution is 0.0737. The first-order valence-electron chi connectivity index (χ1n) is 4.74. The van der Waals surface area contributed by atoms with Crippen molar-refractivity contribution in [3.8, 4) is 0 Å². The molecule has 0 aliphatic rings. The van der Waals surface area contributed by atoms with Gasteiger partial charge in [0, 0.05) is 5.75 Å². The fraction of sp³-hybridized carbons (Fsp3) is 0.778. The number of aromatic nitrogens is 3. The number of nitrogens with zero attached hydrogens (tertiary/aromatic N) is 3. The number of aryl methyl sites for hydroxylation is 1. The third-order valence-corrected chi connectivity index (χ3v) is 2.71. The van der Waals surface area contributed by atoms with Gasteiger partial charge in [0.1, 0.15) is 11.3 Å². The highest BCUT2D eigenvalue weighted by Crippen LogP contribution is 2.15. The number of thioether (sulfide) groups is 1. The Hall–Kier alpha value is -0.550. The third kappa shape index (κ3) is 3.31. The lowest BCUT2D eigenvalue weighted by Crippen LogP contribution is -2.15. The van der Waals surface area contributed by atoms with Crippen LogP contribution in [-0.4, -0.2) is 31.6 Å². The molecule has 0 aromatic carbocycles.